The van der Waals surface area contributed by atoms with Crippen LogP contribution >= 0.6 is 24.0 Å². The average molecular weight is 531 g/mol. The number of rotatable bonds is 6. The van der Waals surface area contributed by atoms with E-state index in [9.17, 15) is 4.79 Å². The molecule has 2 aromatic carbocycles. The number of nitrogens with one attached hydrogen (secondary N) is 3. The SMILES string of the molecule is CCNC(=NCc1ccc(-n2cncn2)cc1)NCC1CC(=O)Nc2ccccc21.I. The van der Waals surface area contributed by atoms with Crippen LogP contribution in [0.25, 0.3) is 5.69 Å². The highest BCUT2D eigenvalue weighted by Gasteiger charge is 2.24. The summed E-state index contributed by atoms with van der Waals surface area (Å²) in [6.45, 7) is 3.99. The maximum Gasteiger partial charge on any atom is 0.225 e. The lowest BCUT2D eigenvalue weighted by molar-refractivity contribution is -0.116. The highest BCUT2D eigenvalue weighted by Crippen LogP contribution is 2.31. The van der Waals surface area contributed by atoms with Gasteiger partial charge in [-0.05, 0) is 36.2 Å². The Bertz CT molecular complexity index is 1020. The molecule has 1 aliphatic heterocycles. The number of aliphatic imine (C=N–C) groups is 1. The van der Waals surface area contributed by atoms with Crippen LogP contribution in [0.5, 0.6) is 0 Å². The van der Waals surface area contributed by atoms with Gasteiger partial charge in [0.1, 0.15) is 12.7 Å². The van der Waals surface area contributed by atoms with E-state index in [-0.39, 0.29) is 35.8 Å². The maximum atomic E-state index is 12.0. The Balaban J connectivity index is 0.00000272. The van der Waals surface area contributed by atoms with Crippen LogP contribution < -0.4 is 16.0 Å². The number of fused-ring (bicyclic) bond motifs is 1. The van der Waals surface area contributed by atoms with Gasteiger partial charge in [-0.3, -0.25) is 4.79 Å². The number of halogens is 1. The molecule has 2 heterocycles. The zero-order valence-electron chi connectivity index (χ0n) is 17.3. The normalized spacial score (nSPS) is 15.5. The lowest BCUT2D eigenvalue weighted by atomic mass is 9.90. The van der Waals surface area contributed by atoms with Gasteiger partial charge >= 0.3 is 0 Å². The molecular weight excluding hydrogens is 505 g/mol. The number of amides is 1. The van der Waals surface area contributed by atoms with E-state index in [2.05, 4.69) is 32.1 Å². The molecule has 0 saturated carbocycles. The molecule has 0 fully saturated rings. The average Bonchev–Trinajstić information content (AvgIpc) is 3.31. The number of nitrogens with zero attached hydrogens (tertiary/aromatic N) is 4. The number of aromatic nitrogens is 3. The number of carbonyl (C=O) groups is 1. The van der Waals surface area contributed by atoms with Crippen LogP contribution in [0.3, 0.4) is 0 Å². The molecule has 0 spiro atoms. The molecule has 1 amide bonds. The van der Waals surface area contributed by atoms with Gasteiger partial charge in [-0.2, -0.15) is 5.10 Å². The molecule has 9 heteroatoms. The van der Waals surface area contributed by atoms with Crippen molar-refractivity contribution in [2.75, 3.05) is 18.4 Å². The molecule has 8 nitrogen and oxygen atoms in total. The van der Waals surface area contributed by atoms with Crippen molar-refractivity contribution in [3.8, 4) is 5.69 Å². The summed E-state index contributed by atoms with van der Waals surface area (Å²) in [5, 5.41) is 13.7. The van der Waals surface area contributed by atoms with Gasteiger partial charge in [0.15, 0.2) is 5.96 Å². The van der Waals surface area contributed by atoms with Gasteiger partial charge < -0.3 is 16.0 Å². The lowest BCUT2D eigenvalue weighted by Gasteiger charge is -2.26. The Morgan fingerprint density at radius 2 is 2.00 bits per heavy atom. The summed E-state index contributed by atoms with van der Waals surface area (Å²) in [6, 6.07) is 16.0. The molecule has 1 atom stereocenters. The Morgan fingerprint density at radius 1 is 1.19 bits per heavy atom. The van der Waals surface area contributed by atoms with Gasteiger partial charge in [-0.25, -0.2) is 14.7 Å². The fourth-order valence-corrected chi connectivity index (χ4v) is 3.51. The van der Waals surface area contributed by atoms with Crippen molar-refractivity contribution in [3.63, 3.8) is 0 Å². The first kappa shape index (κ1) is 22.7. The predicted molar refractivity (Wildman–Crippen MR) is 132 cm³/mol. The Kier molecular flexibility index (Phi) is 7.99. The van der Waals surface area contributed by atoms with Crippen LogP contribution in [0.2, 0.25) is 0 Å². The van der Waals surface area contributed by atoms with E-state index >= 15 is 0 Å². The predicted octanol–water partition coefficient (Wildman–Crippen LogP) is 3.07. The number of hydrogen-bond acceptors (Lipinski definition) is 4. The second-order valence-corrected chi connectivity index (χ2v) is 7.12. The number of guanidine groups is 1. The molecule has 0 bridgehead atoms. The minimum Gasteiger partial charge on any atom is -0.357 e. The van der Waals surface area contributed by atoms with Crippen LogP contribution in [0.4, 0.5) is 5.69 Å². The van der Waals surface area contributed by atoms with E-state index in [1.54, 1.807) is 11.0 Å². The molecule has 0 saturated heterocycles. The number of anilines is 1. The molecule has 162 valence electrons. The first-order chi connectivity index (χ1) is 14.7. The first-order valence-corrected chi connectivity index (χ1v) is 10.1. The minimum absolute atomic E-state index is 0. The maximum absolute atomic E-state index is 12.0. The zero-order valence-corrected chi connectivity index (χ0v) is 19.6. The molecule has 3 aromatic rings. The molecule has 0 radical (unpaired) electrons. The molecule has 1 aromatic heterocycles. The highest BCUT2D eigenvalue weighted by atomic mass is 127. The Labute approximate surface area is 198 Å². The van der Waals surface area contributed by atoms with Gasteiger partial charge in [0.2, 0.25) is 5.91 Å². The molecule has 3 N–H and O–H groups in total. The summed E-state index contributed by atoms with van der Waals surface area (Å²) in [5.74, 6) is 0.900. The number of benzene rings is 2. The summed E-state index contributed by atoms with van der Waals surface area (Å²) < 4.78 is 1.72. The molecular formula is C22H26IN7O. The molecule has 4 rings (SSSR count). The van der Waals surface area contributed by atoms with Crippen LogP contribution in [0, 0.1) is 0 Å². The monoisotopic (exact) mass is 531 g/mol. The van der Waals surface area contributed by atoms with Crippen LogP contribution in [0.15, 0.2) is 66.2 Å². The Hall–Kier alpha value is -2.95. The van der Waals surface area contributed by atoms with Gasteiger partial charge in [-0.15, -0.1) is 24.0 Å². The lowest BCUT2D eigenvalue weighted by Crippen LogP contribution is -2.40. The van der Waals surface area contributed by atoms with Crippen molar-refractivity contribution >= 4 is 41.5 Å². The van der Waals surface area contributed by atoms with E-state index in [0.717, 1.165) is 35.0 Å². The standard InChI is InChI=1S/C22H25N7O.HI/c1-2-24-22(25-12-16-7-9-18(10-8-16)29-15-23-14-27-29)26-13-17-11-21(30)28-20-6-4-3-5-19(17)20;/h3-10,14-15,17H,2,11-13H2,1H3,(H,28,30)(H2,24,25,26);1H. The molecule has 1 unspecified atom stereocenters. The van der Waals surface area contributed by atoms with Crippen molar-refractivity contribution in [2.24, 2.45) is 4.99 Å². The zero-order chi connectivity index (χ0) is 20.8. The van der Waals surface area contributed by atoms with Crippen LogP contribution in [-0.4, -0.2) is 39.7 Å². The number of carbonyl (C=O) groups excluding carboxylic acids is 1. The topological polar surface area (TPSA) is 96.2 Å². The third-order valence-electron chi connectivity index (χ3n) is 5.01. The van der Waals surface area contributed by atoms with E-state index in [4.69, 9.17) is 4.99 Å². The van der Waals surface area contributed by atoms with E-state index in [1.807, 2.05) is 49.4 Å². The highest BCUT2D eigenvalue weighted by molar-refractivity contribution is 14.0. The van der Waals surface area contributed by atoms with Crippen molar-refractivity contribution in [2.45, 2.75) is 25.8 Å². The smallest absolute Gasteiger partial charge is 0.225 e. The first-order valence-electron chi connectivity index (χ1n) is 10.1. The van der Waals surface area contributed by atoms with E-state index < -0.39 is 0 Å². The largest absolute Gasteiger partial charge is 0.357 e. The summed E-state index contributed by atoms with van der Waals surface area (Å²) in [7, 11) is 0. The minimum atomic E-state index is 0. The molecule has 31 heavy (non-hydrogen) atoms. The fourth-order valence-electron chi connectivity index (χ4n) is 3.51. The third-order valence-corrected chi connectivity index (χ3v) is 5.01. The summed E-state index contributed by atoms with van der Waals surface area (Å²) in [5.41, 5.74) is 4.11. The van der Waals surface area contributed by atoms with Crippen molar-refractivity contribution in [1.29, 1.82) is 0 Å². The number of para-hydroxylation sites is 1. The second kappa shape index (κ2) is 10.9. The quantitative estimate of drug-likeness (QED) is 0.258. The second-order valence-electron chi connectivity index (χ2n) is 7.12. The van der Waals surface area contributed by atoms with Crippen LogP contribution in [0.1, 0.15) is 30.4 Å². The summed E-state index contributed by atoms with van der Waals surface area (Å²) >= 11 is 0. The van der Waals surface area contributed by atoms with Gasteiger partial charge in [0.25, 0.3) is 0 Å². The summed E-state index contributed by atoms with van der Waals surface area (Å²) in [6.07, 6.45) is 3.65. The van der Waals surface area contributed by atoms with Crippen molar-refractivity contribution < 1.29 is 4.79 Å². The fraction of sp³-hybridized carbons (Fsp3) is 0.273. The van der Waals surface area contributed by atoms with Gasteiger partial charge in [0.05, 0.1) is 12.2 Å². The van der Waals surface area contributed by atoms with Crippen molar-refractivity contribution in [3.05, 3.63) is 72.3 Å². The third kappa shape index (κ3) is 5.81. The van der Waals surface area contributed by atoms with Gasteiger partial charge in [-0.1, -0.05) is 30.3 Å². The molecule has 0 aliphatic carbocycles. The summed E-state index contributed by atoms with van der Waals surface area (Å²) in [4.78, 5) is 20.7. The van der Waals surface area contributed by atoms with Gasteiger partial charge in [0, 0.05) is 31.1 Å². The van der Waals surface area contributed by atoms with Crippen LogP contribution in [-0.2, 0) is 11.3 Å². The van der Waals surface area contributed by atoms with E-state index in [0.29, 0.717) is 19.5 Å². The Morgan fingerprint density at radius 3 is 2.74 bits per heavy atom. The number of hydrogen-bond donors (Lipinski definition) is 3. The van der Waals surface area contributed by atoms with E-state index in [1.165, 1.54) is 6.33 Å². The molecule has 1 aliphatic rings. The van der Waals surface area contributed by atoms with Crippen molar-refractivity contribution in [1.82, 2.24) is 25.4 Å².